The van der Waals surface area contributed by atoms with Crippen molar-refractivity contribution in [3.05, 3.63) is 36.0 Å². The van der Waals surface area contributed by atoms with Crippen molar-refractivity contribution in [3.63, 3.8) is 0 Å². The van der Waals surface area contributed by atoms with Crippen LogP contribution in [0.4, 0.5) is 17.6 Å². The van der Waals surface area contributed by atoms with Crippen molar-refractivity contribution < 1.29 is 41.7 Å². The Bertz CT molecular complexity index is 947. The number of aryl methyl sites for hydroxylation is 1. The van der Waals surface area contributed by atoms with Gasteiger partial charge in [-0.25, -0.2) is 14.0 Å². The number of piperidine rings is 1. The van der Waals surface area contributed by atoms with Gasteiger partial charge in [0.25, 0.3) is 0 Å². The van der Waals surface area contributed by atoms with Gasteiger partial charge >= 0.3 is 18.1 Å². The number of hydrogen-bond acceptors (Lipinski definition) is 5. The smallest absolute Gasteiger partial charge is 0.475 e. The second kappa shape index (κ2) is 9.86. The van der Waals surface area contributed by atoms with E-state index in [4.69, 9.17) is 19.4 Å². The number of rotatable bonds is 4. The van der Waals surface area contributed by atoms with Gasteiger partial charge in [-0.05, 0) is 13.1 Å². The van der Waals surface area contributed by atoms with E-state index in [0.29, 0.717) is 30.9 Å². The quantitative estimate of drug-likeness (QED) is 0.557. The first kappa shape index (κ1) is 24.0. The summed E-state index contributed by atoms with van der Waals surface area (Å²) in [5.74, 6) is -3.07. The number of halogens is 4. The van der Waals surface area contributed by atoms with Crippen molar-refractivity contribution in [2.75, 3.05) is 26.9 Å². The van der Waals surface area contributed by atoms with E-state index in [2.05, 4.69) is 11.9 Å². The summed E-state index contributed by atoms with van der Waals surface area (Å²) in [6.07, 6.45) is -1.87. The third-order valence-corrected chi connectivity index (χ3v) is 5.69. The molecule has 4 rings (SSSR count). The number of carboxylic acids is 1. The number of morpholine rings is 1. The number of nitrogens with zero attached hydrogens (tertiary/aromatic N) is 2. The number of carbonyl (C=O) groups excluding carboxylic acids is 1. The van der Waals surface area contributed by atoms with Crippen molar-refractivity contribution in [3.8, 4) is 0 Å². The number of fused-ring (bicyclic) bond motifs is 3. The lowest BCUT2D eigenvalue weighted by Crippen LogP contribution is -2.56. The molecule has 176 valence electrons. The standard InChI is InChI=1S/C19H23FN2O3.C2HF3O2/c1-21-13-8-15(9-14(21)12-24-11-13)25-19(23)17-10-22(7-6-20)18-5-3-2-4-16(17)18;3-2(4,5)1(6)7/h2-5,10,13-15H,6-9,11-12H2,1H3;(H,6,7)/t13-,14+,15?;. The van der Waals surface area contributed by atoms with Crippen LogP contribution in [0.5, 0.6) is 0 Å². The maximum atomic E-state index is 12.8. The molecule has 1 aromatic heterocycles. The van der Waals surface area contributed by atoms with E-state index in [1.807, 2.05) is 24.3 Å². The zero-order chi connectivity index (χ0) is 23.5. The second-order valence-electron chi connectivity index (χ2n) is 7.75. The van der Waals surface area contributed by atoms with Crippen molar-refractivity contribution in [2.45, 2.75) is 43.8 Å². The van der Waals surface area contributed by atoms with E-state index < -0.39 is 18.8 Å². The molecule has 7 nitrogen and oxygen atoms in total. The van der Waals surface area contributed by atoms with E-state index in [-0.39, 0.29) is 18.6 Å². The summed E-state index contributed by atoms with van der Waals surface area (Å²) in [5, 5.41) is 7.94. The lowest BCUT2D eigenvalue weighted by Gasteiger charge is -2.46. The van der Waals surface area contributed by atoms with Crippen LogP contribution in [0.2, 0.25) is 0 Å². The van der Waals surface area contributed by atoms with E-state index in [0.717, 1.165) is 23.7 Å². The van der Waals surface area contributed by atoms with Crippen LogP contribution in [0.1, 0.15) is 23.2 Å². The van der Waals surface area contributed by atoms with Crippen molar-refractivity contribution >= 4 is 22.8 Å². The molecule has 1 aromatic carbocycles. The molecule has 2 saturated heterocycles. The Morgan fingerprint density at radius 1 is 1.19 bits per heavy atom. The summed E-state index contributed by atoms with van der Waals surface area (Å²) in [6.45, 7) is 1.16. The van der Waals surface area contributed by atoms with E-state index in [1.54, 1.807) is 10.8 Å². The number of carbonyl (C=O) groups is 2. The average molecular weight is 460 g/mol. The fourth-order valence-corrected chi connectivity index (χ4v) is 4.04. The summed E-state index contributed by atoms with van der Waals surface area (Å²) in [6, 6.07) is 8.17. The van der Waals surface area contributed by atoms with Gasteiger partial charge < -0.3 is 19.1 Å². The molecule has 0 saturated carbocycles. The van der Waals surface area contributed by atoms with Gasteiger partial charge in [-0.3, -0.25) is 4.90 Å². The highest BCUT2D eigenvalue weighted by molar-refractivity contribution is 6.04. The molecule has 32 heavy (non-hydrogen) atoms. The van der Waals surface area contributed by atoms with Crippen LogP contribution < -0.4 is 0 Å². The van der Waals surface area contributed by atoms with Crippen molar-refractivity contribution in [2.24, 2.45) is 0 Å². The highest BCUT2D eigenvalue weighted by Gasteiger charge is 2.39. The number of alkyl halides is 4. The van der Waals surface area contributed by atoms with Crippen LogP contribution in [-0.4, -0.2) is 77.8 Å². The molecule has 0 radical (unpaired) electrons. The number of esters is 1. The van der Waals surface area contributed by atoms with Gasteiger partial charge in [0.05, 0.1) is 25.3 Å². The van der Waals surface area contributed by atoms with Gasteiger partial charge in [0.1, 0.15) is 12.8 Å². The molecule has 1 unspecified atom stereocenters. The Labute approximate surface area is 181 Å². The first-order valence-electron chi connectivity index (χ1n) is 10.1. The molecule has 2 aromatic rings. The van der Waals surface area contributed by atoms with E-state index in [9.17, 15) is 22.4 Å². The maximum absolute atomic E-state index is 12.8. The summed E-state index contributed by atoms with van der Waals surface area (Å²) in [7, 11) is 2.11. The molecular weight excluding hydrogens is 436 g/mol. The fraction of sp³-hybridized carbons (Fsp3) is 0.524. The van der Waals surface area contributed by atoms with E-state index >= 15 is 0 Å². The first-order chi connectivity index (χ1) is 15.1. The number of aliphatic carboxylic acids is 1. The molecule has 2 aliphatic rings. The average Bonchev–Trinajstić information content (AvgIpc) is 3.08. The summed E-state index contributed by atoms with van der Waals surface area (Å²) in [5.41, 5.74) is 1.38. The number of likely N-dealkylation sites (N-methyl/N-ethyl adjacent to an activating group) is 1. The Morgan fingerprint density at radius 2 is 1.78 bits per heavy atom. The Morgan fingerprint density at radius 3 is 2.34 bits per heavy atom. The van der Waals surface area contributed by atoms with Crippen molar-refractivity contribution in [1.29, 1.82) is 0 Å². The third-order valence-electron chi connectivity index (χ3n) is 5.69. The Balaban J connectivity index is 0.000000360. The predicted octanol–water partition coefficient (Wildman–Crippen LogP) is 3.26. The van der Waals surface area contributed by atoms with Gasteiger partial charge in [0.15, 0.2) is 0 Å². The lowest BCUT2D eigenvalue weighted by atomic mass is 9.92. The number of para-hydroxylation sites is 1. The van der Waals surface area contributed by atoms with Crippen LogP contribution in [0, 0.1) is 0 Å². The van der Waals surface area contributed by atoms with Crippen LogP contribution in [0.25, 0.3) is 10.9 Å². The number of ether oxygens (including phenoxy) is 2. The molecule has 0 spiro atoms. The highest BCUT2D eigenvalue weighted by atomic mass is 19.4. The molecule has 2 bridgehead atoms. The first-order valence-corrected chi connectivity index (χ1v) is 10.1. The van der Waals surface area contributed by atoms with E-state index in [1.165, 1.54) is 0 Å². The molecule has 11 heteroatoms. The largest absolute Gasteiger partial charge is 0.490 e. The minimum Gasteiger partial charge on any atom is -0.475 e. The van der Waals surface area contributed by atoms with Gasteiger partial charge in [0, 0.05) is 42.0 Å². The lowest BCUT2D eigenvalue weighted by molar-refractivity contribution is -0.192. The van der Waals surface area contributed by atoms with Crippen LogP contribution in [0.3, 0.4) is 0 Å². The van der Waals surface area contributed by atoms with Crippen LogP contribution in [0.15, 0.2) is 30.5 Å². The zero-order valence-corrected chi connectivity index (χ0v) is 17.3. The van der Waals surface area contributed by atoms with Gasteiger partial charge in [0.2, 0.25) is 0 Å². The Kier molecular flexibility index (Phi) is 7.40. The molecule has 3 heterocycles. The zero-order valence-electron chi connectivity index (χ0n) is 17.3. The Hall–Kier alpha value is -2.66. The summed E-state index contributed by atoms with van der Waals surface area (Å²) >= 11 is 0. The number of carboxylic acid groups (broad SMARTS) is 1. The molecular formula is C21H24F4N2O5. The molecule has 3 atom stereocenters. The van der Waals surface area contributed by atoms with Crippen LogP contribution in [-0.2, 0) is 20.8 Å². The second-order valence-corrected chi connectivity index (χ2v) is 7.75. The summed E-state index contributed by atoms with van der Waals surface area (Å²) in [4.78, 5) is 24.0. The molecule has 2 aliphatic heterocycles. The number of hydrogen-bond donors (Lipinski definition) is 1. The van der Waals surface area contributed by atoms with Crippen LogP contribution >= 0.6 is 0 Å². The maximum Gasteiger partial charge on any atom is 0.490 e. The van der Waals surface area contributed by atoms with Gasteiger partial charge in [-0.1, -0.05) is 18.2 Å². The third kappa shape index (κ3) is 5.39. The minimum atomic E-state index is -5.08. The molecule has 0 aliphatic carbocycles. The minimum absolute atomic E-state index is 0.0918. The highest BCUT2D eigenvalue weighted by Crippen LogP contribution is 2.29. The predicted molar refractivity (Wildman–Crippen MR) is 106 cm³/mol. The molecule has 2 fully saturated rings. The topological polar surface area (TPSA) is 81.0 Å². The molecule has 0 amide bonds. The normalized spacial score (nSPS) is 23.3. The molecule has 1 N–H and O–H groups in total. The monoisotopic (exact) mass is 460 g/mol. The summed E-state index contributed by atoms with van der Waals surface area (Å²) < 4.78 is 57.8. The SMILES string of the molecule is CN1[C@@H]2COC[C@H]1CC(OC(=O)c1cn(CCF)c3ccccc13)C2.O=C(O)C(F)(F)F. The van der Waals surface area contributed by atoms with Gasteiger partial charge in [-0.2, -0.15) is 13.2 Å². The fourth-order valence-electron chi connectivity index (χ4n) is 4.04. The number of aromatic nitrogens is 1. The van der Waals surface area contributed by atoms with Gasteiger partial charge in [-0.15, -0.1) is 0 Å². The van der Waals surface area contributed by atoms with Crippen molar-refractivity contribution in [1.82, 2.24) is 9.47 Å². The number of benzene rings is 1.